The average molecular weight is 1000 g/mol. The predicted octanol–water partition coefficient (Wildman–Crippen LogP) is 11.0. The third-order valence-corrected chi connectivity index (χ3v) is 13.8. The molecule has 11 aromatic rings. The molecule has 0 saturated heterocycles. The molecule has 0 atom stereocenters. The summed E-state index contributed by atoms with van der Waals surface area (Å²) in [5.74, 6) is 2.82. The van der Waals surface area contributed by atoms with Gasteiger partial charge in [-0.3, -0.25) is 9.59 Å². The summed E-state index contributed by atoms with van der Waals surface area (Å²) in [6, 6.07) is 53.7. The van der Waals surface area contributed by atoms with Crippen molar-refractivity contribution >= 4 is 55.0 Å². The van der Waals surface area contributed by atoms with Crippen LogP contribution in [0.5, 0.6) is 34.5 Å². The van der Waals surface area contributed by atoms with Gasteiger partial charge in [-0.05, 0) is 91.9 Å². The van der Waals surface area contributed by atoms with Crippen molar-refractivity contribution in [1.82, 2.24) is 28.5 Å². The number of methoxy groups -OCH3 is 2. The zero-order valence-electron chi connectivity index (χ0n) is 40.0. The number of anilines is 2. The van der Waals surface area contributed by atoms with E-state index >= 15 is 0 Å². The first-order chi connectivity index (χ1) is 35.9. The predicted molar refractivity (Wildman–Crippen MR) is 283 cm³/mol. The summed E-state index contributed by atoms with van der Waals surface area (Å²) < 4.78 is 54.6. The summed E-state index contributed by atoms with van der Waals surface area (Å²) in [5.41, 5.74) is 16.9. The van der Waals surface area contributed by atoms with Crippen LogP contribution in [0.15, 0.2) is 199 Å². The van der Waals surface area contributed by atoms with Gasteiger partial charge in [-0.2, -0.15) is 10.2 Å². The number of hydrogen-bond acceptors (Lipinski definition) is 12. The van der Waals surface area contributed by atoms with Crippen molar-refractivity contribution in [2.45, 2.75) is 11.8 Å². The number of aryl methyl sites for hydroxylation is 1. The van der Waals surface area contributed by atoms with Gasteiger partial charge in [0, 0.05) is 28.4 Å². The molecular formula is C57H46N8O8S. The molecular weight excluding hydrogens is 957 g/mol. The Morgan fingerprint density at radius 3 is 1.58 bits per heavy atom. The van der Waals surface area contributed by atoms with Gasteiger partial charge in [-0.25, -0.2) is 21.8 Å². The first kappa shape index (κ1) is 47.8. The number of nitrogens with one attached hydrogen (secondary N) is 1. The molecule has 0 aliphatic rings. The van der Waals surface area contributed by atoms with Gasteiger partial charge in [0.05, 0.1) is 65.2 Å². The minimum Gasteiger partial charge on any atom is -0.493 e. The van der Waals surface area contributed by atoms with E-state index < -0.39 is 15.8 Å². The molecule has 0 unspecified atom stereocenters. The first-order valence-corrected chi connectivity index (χ1v) is 24.5. The van der Waals surface area contributed by atoms with Crippen molar-refractivity contribution in [1.29, 1.82) is 0 Å². The lowest BCUT2D eigenvalue weighted by Crippen LogP contribution is -2.19. The van der Waals surface area contributed by atoms with Crippen molar-refractivity contribution in [3.05, 3.63) is 222 Å². The summed E-state index contributed by atoms with van der Waals surface area (Å²) in [7, 11) is -1.04. The van der Waals surface area contributed by atoms with Gasteiger partial charge >= 0.3 is 0 Å². The van der Waals surface area contributed by atoms with Crippen molar-refractivity contribution in [3.63, 3.8) is 0 Å². The van der Waals surface area contributed by atoms with Crippen LogP contribution in [-0.4, -0.2) is 62.7 Å². The highest BCUT2D eigenvalue weighted by Crippen LogP contribution is 2.37. The van der Waals surface area contributed by atoms with E-state index in [2.05, 4.69) is 15.2 Å². The molecule has 16 nitrogen and oxygen atoms in total. The average Bonchev–Trinajstić information content (AvgIpc) is 4.23. The maximum Gasteiger partial charge on any atom is 0.268 e. The summed E-state index contributed by atoms with van der Waals surface area (Å²) in [5, 5.41) is 10.2. The zero-order chi connectivity index (χ0) is 51.5. The fourth-order valence-corrected chi connectivity index (χ4v) is 9.80. The lowest BCUT2D eigenvalue weighted by Gasteiger charge is -2.13. The molecule has 0 radical (unpaired) electrons. The molecule has 0 spiro atoms. The molecule has 74 heavy (non-hydrogen) atoms. The number of hydrogen-bond donors (Lipinski definition) is 3. The lowest BCUT2D eigenvalue weighted by atomic mass is 10.1. The smallest absolute Gasteiger partial charge is 0.268 e. The number of ether oxygens (including phenoxy) is 4. The third kappa shape index (κ3) is 9.28. The summed E-state index contributed by atoms with van der Waals surface area (Å²) in [4.78, 5) is 30.2. The first-order valence-electron chi connectivity index (χ1n) is 23.0. The number of rotatable bonds is 14. The van der Waals surface area contributed by atoms with Crippen molar-refractivity contribution in [3.8, 4) is 45.9 Å². The van der Waals surface area contributed by atoms with Crippen LogP contribution in [0.2, 0.25) is 0 Å². The fourth-order valence-electron chi connectivity index (χ4n) is 8.29. The number of nitrogens with two attached hydrogens (primary N) is 2. The molecule has 4 aromatic heterocycles. The standard InChI is InChI=1S/C32H26N4O5S.C25H20N4O3/c1-21-12-15-25(16-13-21)42(38,39)36-27-11-7-6-8-22(27)18-28(36)31(37)26-20-34-35(32(26)33)23-14-17-29(30(19-23)40-2)41-24-9-4-3-5-10-24;1-31-23-14-17(11-12-22(23)32-18-8-3-2-4-9-18)29-25(26)19(15-27-29)24(30)21-13-16-7-5-6-10-20(16)28-21/h3-20H,33H2,1-2H3;2-15,28H,26H2,1H3. The number of benzene rings is 7. The van der Waals surface area contributed by atoms with Crippen LogP contribution in [0.3, 0.4) is 0 Å². The molecule has 7 aromatic carbocycles. The topological polar surface area (TPSA) is 214 Å². The molecule has 0 bridgehead atoms. The second-order valence-electron chi connectivity index (χ2n) is 16.8. The zero-order valence-corrected chi connectivity index (χ0v) is 40.9. The Balaban J connectivity index is 0.000000175. The highest BCUT2D eigenvalue weighted by atomic mass is 32.2. The van der Waals surface area contributed by atoms with E-state index in [0.29, 0.717) is 68.0 Å². The van der Waals surface area contributed by atoms with Gasteiger partial charge in [0.1, 0.15) is 28.8 Å². The molecule has 0 amide bonds. The Morgan fingerprint density at radius 2 is 1.04 bits per heavy atom. The molecule has 0 aliphatic heterocycles. The Hall–Kier alpha value is -9.87. The van der Waals surface area contributed by atoms with Crippen LogP contribution in [0.4, 0.5) is 11.6 Å². The summed E-state index contributed by atoms with van der Waals surface area (Å²) in [6.07, 6.45) is 2.81. The van der Waals surface area contributed by atoms with Gasteiger partial charge in [0.2, 0.25) is 11.6 Å². The van der Waals surface area contributed by atoms with Crippen LogP contribution < -0.4 is 30.4 Å². The fraction of sp³-hybridized carbons (Fsp3) is 0.0526. The van der Waals surface area contributed by atoms with E-state index in [1.54, 1.807) is 86.0 Å². The number of ketones is 2. The maximum atomic E-state index is 14.0. The molecule has 4 heterocycles. The minimum absolute atomic E-state index is 0.0447. The number of H-pyrrole nitrogens is 1. The van der Waals surface area contributed by atoms with Crippen LogP contribution >= 0.6 is 0 Å². The number of aromatic nitrogens is 6. The lowest BCUT2D eigenvalue weighted by molar-refractivity contribution is 0.102. The number of carbonyl (C=O) groups excluding carboxylic acids is 2. The third-order valence-electron chi connectivity index (χ3n) is 12.1. The monoisotopic (exact) mass is 1000 g/mol. The quantitative estimate of drug-likeness (QED) is 0.0868. The molecule has 368 valence electrons. The van der Waals surface area contributed by atoms with Gasteiger partial charge in [-0.15, -0.1) is 0 Å². The summed E-state index contributed by atoms with van der Waals surface area (Å²) >= 11 is 0. The van der Waals surface area contributed by atoms with Crippen LogP contribution in [0, 0.1) is 6.92 Å². The Labute approximate surface area is 424 Å². The molecule has 17 heteroatoms. The number of aromatic amines is 1. The molecule has 0 fully saturated rings. The maximum absolute atomic E-state index is 14.0. The molecule has 11 rings (SSSR count). The van der Waals surface area contributed by atoms with E-state index in [9.17, 15) is 18.0 Å². The Morgan fingerprint density at radius 1 is 0.541 bits per heavy atom. The van der Waals surface area contributed by atoms with E-state index in [1.807, 2.05) is 97.9 Å². The molecule has 5 N–H and O–H groups in total. The van der Waals surface area contributed by atoms with Gasteiger partial charge in [-0.1, -0.05) is 90.5 Å². The number of para-hydroxylation sites is 4. The van der Waals surface area contributed by atoms with E-state index in [0.717, 1.165) is 20.4 Å². The Bertz CT molecular complexity index is 3940. The number of nitrogen functional groups attached to an aromatic ring is 2. The second-order valence-corrected chi connectivity index (χ2v) is 18.6. The van der Waals surface area contributed by atoms with Crippen LogP contribution in [0.1, 0.15) is 37.7 Å². The van der Waals surface area contributed by atoms with E-state index in [4.69, 9.17) is 30.4 Å². The van der Waals surface area contributed by atoms with E-state index in [1.165, 1.54) is 41.0 Å². The SMILES string of the molecule is COc1cc(-n2ncc(C(=O)c3cc4ccccc4[nH]3)c2N)ccc1Oc1ccccc1.COc1cc(-n2ncc(C(=O)c3cc4ccccc4n3S(=O)(=O)c3ccc(C)cc3)c2N)ccc1Oc1ccccc1. The van der Waals surface area contributed by atoms with E-state index in [-0.39, 0.29) is 33.6 Å². The van der Waals surface area contributed by atoms with Gasteiger partial charge in [0.15, 0.2) is 23.0 Å². The van der Waals surface area contributed by atoms with Gasteiger partial charge in [0.25, 0.3) is 10.0 Å². The van der Waals surface area contributed by atoms with Crippen molar-refractivity contribution in [2.75, 3.05) is 25.7 Å². The second kappa shape index (κ2) is 20.1. The summed E-state index contributed by atoms with van der Waals surface area (Å²) in [6.45, 7) is 1.87. The van der Waals surface area contributed by atoms with Crippen LogP contribution in [-0.2, 0) is 10.0 Å². The van der Waals surface area contributed by atoms with Crippen molar-refractivity contribution < 1.29 is 37.0 Å². The highest BCUT2D eigenvalue weighted by molar-refractivity contribution is 7.90. The normalized spacial score (nSPS) is 11.2. The molecule has 0 saturated carbocycles. The number of nitrogens with zero attached hydrogens (tertiary/aromatic N) is 5. The van der Waals surface area contributed by atoms with Gasteiger partial charge < -0.3 is 35.4 Å². The minimum atomic E-state index is -4.12. The number of carbonyl (C=O) groups is 2. The molecule has 0 aliphatic carbocycles. The van der Waals surface area contributed by atoms with Crippen LogP contribution in [0.25, 0.3) is 33.2 Å². The van der Waals surface area contributed by atoms with Crippen molar-refractivity contribution in [2.24, 2.45) is 0 Å². The highest BCUT2D eigenvalue weighted by Gasteiger charge is 2.29. The number of fused-ring (bicyclic) bond motifs is 2. The Kier molecular flexibility index (Phi) is 13.0. The largest absolute Gasteiger partial charge is 0.493 e.